The second kappa shape index (κ2) is 7.39. The van der Waals surface area contributed by atoms with Crippen molar-refractivity contribution >= 4 is 23.1 Å². The molecule has 1 fully saturated rings. The second-order valence-electron chi connectivity index (χ2n) is 6.16. The van der Waals surface area contributed by atoms with Gasteiger partial charge in [-0.05, 0) is 62.6 Å². The minimum Gasteiger partial charge on any atom is -0.435 e. The van der Waals surface area contributed by atoms with Crippen molar-refractivity contribution in [2.75, 3.05) is 5.32 Å². The quantitative estimate of drug-likeness (QED) is 0.767. The van der Waals surface area contributed by atoms with Crippen LogP contribution in [0.1, 0.15) is 28.2 Å². The van der Waals surface area contributed by atoms with Gasteiger partial charge in [-0.25, -0.2) is 4.79 Å². The van der Waals surface area contributed by atoms with Crippen LogP contribution in [0.5, 0.6) is 5.75 Å². The highest BCUT2D eigenvalue weighted by molar-refractivity contribution is 7.11. The summed E-state index contributed by atoms with van der Waals surface area (Å²) in [6, 6.07) is 8.71. The zero-order valence-electron chi connectivity index (χ0n) is 14.1. The van der Waals surface area contributed by atoms with E-state index in [9.17, 15) is 13.6 Å². The molecule has 1 N–H and O–H groups in total. The number of urea groups is 1. The lowest BCUT2D eigenvalue weighted by Crippen LogP contribution is -2.36. The molecular weight excluding hydrogens is 346 g/mol. The van der Waals surface area contributed by atoms with Crippen molar-refractivity contribution in [2.45, 2.75) is 45.9 Å². The zero-order valence-corrected chi connectivity index (χ0v) is 14.9. The number of rotatable bonds is 6. The summed E-state index contributed by atoms with van der Waals surface area (Å²) in [5, 5.41) is 2.89. The summed E-state index contributed by atoms with van der Waals surface area (Å²) >= 11 is 1.69. The molecule has 0 spiro atoms. The molecule has 1 aliphatic carbocycles. The van der Waals surface area contributed by atoms with E-state index in [2.05, 4.69) is 16.1 Å². The maximum Gasteiger partial charge on any atom is 0.387 e. The van der Waals surface area contributed by atoms with Crippen molar-refractivity contribution in [1.29, 1.82) is 0 Å². The largest absolute Gasteiger partial charge is 0.435 e. The summed E-state index contributed by atoms with van der Waals surface area (Å²) < 4.78 is 28.9. The molecule has 0 bridgehead atoms. The lowest BCUT2D eigenvalue weighted by atomic mass is 10.2. The van der Waals surface area contributed by atoms with Crippen molar-refractivity contribution in [2.24, 2.45) is 0 Å². The minimum absolute atomic E-state index is 0.0820. The Bertz CT molecular complexity index is 759. The van der Waals surface area contributed by atoms with Crippen LogP contribution in [0.4, 0.5) is 19.3 Å². The first kappa shape index (κ1) is 17.7. The molecular formula is C18H20F2N2O2S. The highest BCUT2D eigenvalue weighted by Gasteiger charge is 2.33. The van der Waals surface area contributed by atoms with Crippen molar-refractivity contribution in [1.82, 2.24) is 4.90 Å². The van der Waals surface area contributed by atoms with Crippen LogP contribution in [0.25, 0.3) is 0 Å². The number of alkyl halides is 2. The van der Waals surface area contributed by atoms with Crippen LogP contribution >= 0.6 is 11.3 Å². The van der Waals surface area contributed by atoms with E-state index in [1.807, 2.05) is 17.9 Å². The molecule has 7 heteroatoms. The van der Waals surface area contributed by atoms with E-state index in [0.717, 1.165) is 17.7 Å². The summed E-state index contributed by atoms with van der Waals surface area (Å²) in [6.45, 7) is 1.51. The lowest BCUT2D eigenvalue weighted by Gasteiger charge is -2.23. The van der Waals surface area contributed by atoms with Crippen molar-refractivity contribution < 1.29 is 18.3 Å². The smallest absolute Gasteiger partial charge is 0.387 e. The molecule has 1 saturated carbocycles. The number of amides is 2. The highest BCUT2D eigenvalue weighted by Crippen LogP contribution is 2.31. The average molecular weight is 366 g/mol. The molecule has 0 aliphatic heterocycles. The van der Waals surface area contributed by atoms with Gasteiger partial charge in [0.15, 0.2) is 0 Å². The van der Waals surface area contributed by atoms with Crippen LogP contribution < -0.4 is 10.1 Å². The van der Waals surface area contributed by atoms with E-state index in [1.165, 1.54) is 17.0 Å². The van der Waals surface area contributed by atoms with Gasteiger partial charge in [-0.15, -0.1) is 11.3 Å². The summed E-state index contributed by atoms with van der Waals surface area (Å²) in [7, 11) is 0. The topological polar surface area (TPSA) is 41.6 Å². The molecule has 1 aliphatic rings. The number of anilines is 1. The van der Waals surface area contributed by atoms with Gasteiger partial charge in [0.25, 0.3) is 0 Å². The van der Waals surface area contributed by atoms with Gasteiger partial charge in [-0.3, -0.25) is 0 Å². The third-order valence-corrected chi connectivity index (χ3v) is 5.02. The number of nitrogens with zero attached hydrogens (tertiary/aromatic N) is 1. The zero-order chi connectivity index (χ0) is 18.0. The number of carbonyl (C=O) groups is 1. The van der Waals surface area contributed by atoms with Gasteiger partial charge >= 0.3 is 12.6 Å². The lowest BCUT2D eigenvalue weighted by molar-refractivity contribution is -0.0498. The summed E-state index contributed by atoms with van der Waals surface area (Å²) in [5.74, 6) is 0.0820. The third kappa shape index (κ3) is 4.69. The molecule has 1 heterocycles. The molecule has 134 valence electrons. The van der Waals surface area contributed by atoms with Crippen LogP contribution in [0.2, 0.25) is 0 Å². The summed E-state index contributed by atoms with van der Waals surface area (Å²) in [5.41, 5.74) is 1.27. The standard InChI is InChI=1S/C18H20F2N2O2S/c1-11-9-14(24-17(19)20)6-8-16(11)21-18(23)22(13-4-5-13)10-15-7-3-12(2)25-15/h3,6-9,13,17H,4-5,10H2,1-2H3,(H,21,23). The molecule has 0 unspecified atom stereocenters. The van der Waals surface area contributed by atoms with E-state index in [0.29, 0.717) is 17.8 Å². The first-order chi connectivity index (χ1) is 11.9. The maximum absolute atomic E-state index is 12.7. The molecule has 25 heavy (non-hydrogen) atoms. The van der Waals surface area contributed by atoms with Crippen LogP contribution in [0.15, 0.2) is 30.3 Å². The number of hydrogen-bond acceptors (Lipinski definition) is 3. The Morgan fingerprint density at radius 1 is 1.32 bits per heavy atom. The van der Waals surface area contributed by atoms with Crippen LogP contribution in [0.3, 0.4) is 0 Å². The van der Waals surface area contributed by atoms with E-state index in [1.54, 1.807) is 24.3 Å². The van der Waals surface area contributed by atoms with E-state index in [-0.39, 0.29) is 17.8 Å². The Labute approximate surface area is 149 Å². The van der Waals surface area contributed by atoms with E-state index in [4.69, 9.17) is 0 Å². The normalized spacial score (nSPS) is 13.8. The number of carbonyl (C=O) groups excluding carboxylic acids is 1. The van der Waals surface area contributed by atoms with Crippen molar-refractivity contribution in [3.05, 3.63) is 45.6 Å². The molecule has 2 amide bonds. The maximum atomic E-state index is 12.7. The molecule has 0 saturated heterocycles. The average Bonchev–Trinajstić information content (AvgIpc) is 3.29. The Morgan fingerprint density at radius 2 is 2.08 bits per heavy atom. The third-order valence-electron chi connectivity index (χ3n) is 4.04. The second-order valence-corrected chi connectivity index (χ2v) is 7.53. The van der Waals surface area contributed by atoms with Crippen molar-refractivity contribution in [3.8, 4) is 5.75 Å². The number of halogens is 2. The van der Waals surface area contributed by atoms with Gasteiger partial charge in [-0.2, -0.15) is 8.78 Å². The number of ether oxygens (including phenoxy) is 1. The van der Waals surface area contributed by atoms with Gasteiger partial charge in [0.05, 0.1) is 6.54 Å². The van der Waals surface area contributed by atoms with Gasteiger partial charge in [0, 0.05) is 21.5 Å². The molecule has 2 aromatic rings. The van der Waals surface area contributed by atoms with E-state index < -0.39 is 6.61 Å². The number of benzene rings is 1. The van der Waals surface area contributed by atoms with Gasteiger partial charge in [0.1, 0.15) is 5.75 Å². The Hall–Kier alpha value is -2.15. The van der Waals surface area contributed by atoms with Gasteiger partial charge in [0.2, 0.25) is 0 Å². The van der Waals surface area contributed by atoms with Crippen LogP contribution in [-0.2, 0) is 6.54 Å². The first-order valence-corrected chi connectivity index (χ1v) is 8.92. The SMILES string of the molecule is Cc1ccc(CN(C(=O)Nc2ccc(OC(F)F)cc2C)C2CC2)s1. The monoisotopic (exact) mass is 366 g/mol. The van der Waals surface area contributed by atoms with Gasteiger partial charge < -0.3 is 15.0 Å². The molecule has 1 aromatic carbocycles. The summed E-state index contributed by atoms with van der Waals surface area (Å²) in [4.78, 5) is 16.9. The fraction of sp³-hybridized carbons (Fsp3) is 0.389. The Balaban J connectivity index is 1.69. The van der Waals surface area contributed by atoms with Crippen LogP contribution in [0, 0.1) is 13.8 Å². The fourth-order valence-corrected chi connectivity index (χ4v) is 3.52. The number of nitrogens with one attached hydrogen (secondary N) is 1. The number of aryl methyl sites for hydroxylation is 2. The Morgan fingerprint density at radius 3 is 2.64 bits per heavy atom. The predicted octanol–water partition coefficient (Wildman–Crippen LogP) is 5.16. The minimum atomic E-state index is -2.86. The number of hydrogen-bond donors (Lipinski definition) is 1. The highest BCUT2D eigenvalue weighted by atomic mass is 32.1. The number of thiophene rings is 1. The van der Waals surface area contributed by atoms with Gasteiger partial charge in [-0.1, -0.05) is 0 Å². The molecule has 0 atom stereocenters. The predicted molar refractivity (Wildman–Crippen MR) is 94.5 cm³/mol. The molecule has 3 rings (SSSR count). The first-order valence-electron chi connectivity index (χ1n) is 8.11. The fourth-order valence-electron chi connectivity index (χ4n) is 2.63. The molecule has 4 nitrogen and oxygen atoms in total. The van der Waals surface area contributed by atoms with Crippen LogP contribution in [-0.4, -0.2) is 23.6 Å². The van der Waals surface area contributed by atoms with Crippen molar-refractivity contribution in [3.63, 3.8) is 0 Å². The Kier molecular flexibility index (Phi) is 5.22. The molecule has 0 radical (unpaired) electrons. The summed E-state index contributed by atoms with van der Waals surface area (Å²) in [6.07, 6.45) is 2.02. The molecule has 1 aromatic heterocycles. The van der Waals surface area contributed by atoms with E-state index >= 15 is 0 Å².